The van der Waals surface area contributed by atoms with Gasteiger partial charge in [0.15, 0.2) is 11.6 Å². The van der Waals surface area contributed by atoms with Gasteiger partial charge in [0.05, 0.1) is 23.8 Å². The van der Waals surface area contributed by atoms with Crippen LogP contribution in [0.4, 0.5) is 46.0 Å². The van der Waals surface area contributed by atoms with Crippen LogP contribution in [0, 0.1) is 11.8 Å². The van der Waals surface area contributed by atoms with E-state index >= 15 is 0 Å². The van der Waals surface area contributed by atoms with Crippen LogP contribution >= 0.6 is 0 Å². The molecule has 252 valence electrons. The lowest BCUT2D eigenvalue weighted by molar-refractivity contribution is -0.482. The number of quaternary nitrogens is 1. The second kappa shape index (κ2) is 18.9. The maximum Gasteiger partial charge on any atom is 0.273 e. The van der Waals surface area contributed by atoms with Crippen LogP contribution in [0.3, 0.4) is 0 Å². The molecule has 9 heteroatoms. The Bertz CT molecular complexity index is 1680. The zero-order valence-electron chi connectivity index (χ0n) is 28.5. The van der Waals surface area contributed by atoms with Crippen LogP contribution in [0.25, 0.3) is 0 Å². The van der Waals surface area contributed by atoms with E-state index in [-0.39, 0.29) is 12.4 Å². The lowest BCUT2D eigenvalue weighted by Crippen LogP contribution is -3.00. The number of para-hydroxylation sites is 4. The van der Waals surface area contributed by atoms with Gasteiger partial charge in [0, 0.05) is 17.1 Å². The first-order valence-corrected chi connectivity index (χ1v) is 16.5. The average Bonchev–Trinajstić information content (AvgIpc) is 3.09. The summed E-state index contributed by atoms with van der Waals surface area (Å²) in [5, 5.41) is 12.1. The molecule has 0 aliphatic carbocycles. The second-order valence-corrected chi connectivity index (χ2v) is 12.4. The van der Waals surface area contributed by atoms with Crippen molar-refractivity contribution in [2.45, 2.75) is 40.5 Å². The molecule has 6 rings (SSSR count). The summed E-state index contributed by atoms with van der Waals surface area (Å²) in [7, 11) is 0. The van der Waals surface area contributed by atoms with Gasteiger partial charge in [-0.2, -0.15) is 4.98 Å². The first-order chi connectivity index (χ1) is 23.4. The van der Waals surface area contributed by atoms with Crippen molar-refractivity contribution in [2.75, 3.05) is 16.0 Å². The lowest BCUT2D eigenvalue weighted by Gasteiger charge is -2.14. The highest BCUT2D eigenvalue weighted by Gasteiger charge is 2.14. The number of hydrogen-bond donors (Lipinski definition) is 4. The minimum atomic E-state index is 0. The van der Waals surface area contributed by atoms with Crippen molar-refractivity contribution < 1.29 is 17.7 Å². The quantitative estimate of drug-likeness (QED) is 0.116. The molecular formula is C40H45ClN8. The van der Waals surface area contributed by atoms with E-state index in [1.165, 1.54) is 0 Å². The molecule has 0 amide bonds. The van der Waals surface area contributed by atoms with E-state index in [2.05, 4.69) is 71.1 Å². The summed E-state index contributed by atoms with van der Waals surface area (Å²) in [6.07, 6.45) is 5.55. The Balaban J connectivity index is 0.000000216. The number of nitrogens with zero attached hydrogens (tertiary/aromatic N) is 4. The van der Waals surface area contributed by atoms with Crippen LogP contribution in [0.1, 0.15) is 39.1 Å². The Morgan fingerprint density at radius 2 is 0.878 bits per heavy atom. The third kappa shape index (κ3) is 12.0. The summed E-state index contributed by atoms with van der Waals surface area (Å²) in [5.41, 5.74) is 6.10. The minimum Gasteiger partial charge on any atom is -1.00 e. The number of nitrogens with two attached hydrogens (primary N) is 1. The molecule has 0 bridgehead atoms. The molecule has 2 aromatic heterocycles. The van der Waals surface area contributed by atoms with Gasteiger partial charge >= 0.3 is 0 Å². The molecule has 0 saturated heterocycles. The van der Waals surface area contributed by atoms with Crippen molar-refractivity contribution in [1.82, 2.24) is 19.9 Å². The molecule has 5 N–H and O–H groups in total. The fourth-order valence-electron chi connectivity index (χ4n) is 4.96. The molecule has 4 aromatic carbocycles. The Morgan fingerprint density at radius 1 is 0.490 bits per heavy atom. The summed E-state index contributed by atoms with van der Waals surface area (Å²) < 4.78 is 0. The first-order valence-electron chi connectivity index (χ1n) is 16.5. The smallest absolute Gasteiger partial charge is 0.273 e. The zero-order chi connectivity index (χ0) is 33.6. The summed E-state index contributed by atoms with van der Waals surface area (Å²) in [6.45, 7) is 8.75. The van der Waals surface area contributed by atoms with Gasteiger partial charge in [0.1, 0.15) is 5.69 Å². The van der Waals surface area contributed by atoms with E-state index in [9.17, 15) is 0 Å². The molecule has 0 aliphatic heterocycles. The predicted octanol–water partition coefficient (Wildman–Crippen LogP) is 6.11. The van der Waals surface area contributed by atoms with Crippen molar-refractivity contribution in [3.8, 4) is 0 Å². The second-order valence-electron chi connectivity index (χ2n) is 12.4. The molecule has 0 radical (unpaired) electrons. The van der Waals surface area contributed by atoms with Gasteiger partial charge in [0.2, 0.25) is 5.82 Å². The molecule has 2 heterocycles. The fraction of sp³-hybridized carbons (Fsp3) is 0.200. The molecule has 0 spiro atoms. The molecule has 0 unspecified atom stereocenters. The molecule has 0 fully saturated rings. The molecule has 8 nitrogen and oxygen atoms in total. The van der Waals surface area contributed by atoms with E-state index in [1.54, 1.807) is 0 Å². The van der Waals surface area contributed by atoms with Crippen LogP contribution in [-0.2, 0) is 12.8 Å². The van der Waals surface area contributed by atoms with E-state index in [0.29, 0.717) is 11.8 Å². The normalized spacial score (nSPS) is 10.5. The lowest BCUT2D eigenvalue weighted by atomic mass is 10.1. The van der Waals surface area contributed by atoms with Crippen molar-refractivity contribution in [3.05, 3.63) is 145 Å². The van der Waals surface area contributed by atoms with Gasteiger partial charge < -0.3 is 28.4 Å². The largest absolute Gasteiger partial charge is 1.00 e. The van der Waals surface area contributed by atoms with Crippen LogP contribution in [0.5, 0.6) is 0 Å². The van der Waals surface area contributed by atoms with Crippen LogP contribution in [-0.4, -0.2) is 19.9 Å². The average molecular weight is 673 g/mol. The summed E-state index contributed by atoms with van der Waals surface area (Å²) in [4.78, 5) is 18.8. The van der Waals surface area contributed by atoms with Crippen molar-refractivity contribution in [2.24, 2.45) is 11.8 Å². The zero-order valence-corrected chi connectivity index (χ0v) is 29.3. The van der Waals surface area contributed by atoms with E-state index in [1.807, 2.05) is 122 Å². The van der Waals surface area contributed by atoms with Crippen molar-refractivity contribution >= 4 is 46.0 Å². The summed E-state index contributed by atoms with van der Waals surface area (Å²) >= 11 is 0. The maximum absolute atomic E-state index is 4.82. The molecule has 0 aliphatic rings. The maximum atomic E-state index is 4.82. The van der Waals surface area contributed by atoms with Gasteiger partial charge in [-0.25, -0.2) is 15.0 Å². The van der Waals surface area contributed by atoms with Gasteiger partial charge in [-0.05, 0) is 73.2 Å². The SMILES string of the molecule is CC(C)Cc1cnc(Nc2ccccc2)c(Nc2ccccc2)n1.CC(C)Cc1cnc(Nc2ccccc2)c([NH2+]c2ccccc2)n1.[Cl-]. The van der Waals surface area contributed by atoms with Crippen LogP contribution < -0.4 is 33.7 Å². The standard InChI is InChI=1S/2C20H22N4.ClH/c2*1-15(2)13-18-14-21-19(22-16-9-5-3-6-10-16)20(24-18)23-17-11-7-4-8-12-17;/h2*3-12,14-15H,13H2,1-2H3,(H,21,22)(H,23,24);1H. The Kier molecular flexibility index (Phi) is 14.1. The fourth-order valence-corrected chi connectivity index (χ4v) is 4.96. The molecule has 6 aromatic rings. The number of halogens is 1. The predicted molar refractivity (Wildman–Crippen MR) is 198 cm³/mol. The first kappa shape index (κ1) is 36.5. The van der Waals surface area contributed by atoms with Gasteiger partial charge in [-0.15, -0.1) is 0 Å². The highest BCUT2D eigenvalue weighted by Crippen LogP contribution is 2.25. The Hall–Kier alpha value is -5.31. The van der Waals surface area contributed by atoms with Crippen molar-refractivity contribution in [1.29, 1.82) is 0 Å². The van der Waals surface area contributed by atoms with Crippen LogP contribution in [0.2, 0.25) is 0 Å². The third-order valence-corrected chi connectivity index (χ3v) is 7.12. The topological polar surface area (TPSA) is 104 Å². The summed E-state index contributed by atoms with van der Waals surface area (Å²) in [6, 6.07) is 40.3. The molecule has 0 saturated carbocycles. The number of benzene rings is 4. The number of rotatable bonds is 12. The highest BCUT2D eigenvalue weighted by atomic mass is 35.5. The summed E-state index contributed by atoms with van der Waals surface area (Å²) in [5.74, 6) is 4.19. The van der Waals surface area contributed by atoms with Gasteiger partial charge in [0.25, 0.3) is 5.82 Å². The minimum absolute atomic E-state index is 0. The monoisotopic (exact) mass is 672 g/mol. The third-order valence-electron chi connectivity index (χ3n) is 7.12. The number of nitrogens with one attached hydrogen (secondary N) is 3. The number of hydrogen-bond acceptors (Lipinski definition) is 7. The Labute approximate surface area is 296 Å². The molecule has 0 atom stereocenters. The van der Waals surface area contributed by atoms with Gasteiger partial charge in [-0.3, -0.25) is 5.32 Å². The number of anilines is 6. The van der Waals surface area contributed by atoms with E-state index < -0.39 is 0 Å². The van der Waals surface area contributed by atoms with Crippen molar-refractivity contribution in [3.63, 3.8) is 0 Å². The Morgan fingerprint density at radius 3 is 1.35 bits per heavy atom. The van der Waals surface area contributed by atoms with Crippen LogP contribution in [0.15, 0.2) is 134 Å². The molecule has 49 heavy (non-hydrogen) atoms. The van der Waals surface area contributed by atoms with E-state index in [4.69, 9.17) is 9.97 Å². The number of aromatic nitrogens is 4. The van der Waals surface area contributed by atoms with E-state index in [0.717, 1.165) is 70.3 Å². The molecular weight excluding hydrogens is 628 g/mol. The highest BCUT2D eigenvalue weighted by molar-refractivity contribution is 5.72. The van der Waals surface area contributed by atoms with Gasteiger partial charge in [-0.1, -0.05) is 100 Å².